The van der Waals surface area contributed by atoms with Crippen LogP contribution in [0.4, 0.5) is 4.39 Å². The van der Waals surface area contributed by atoms with Gasteiger partial charge in [-0.3, -0.25) is 0 Å². The molecule has 0 spiro atoms. The molecule has 3 aromatic rings. The fourth-order valence-electron chi connectivity index (χ4n) is 4.43. The normalized spacial score (nSPS) is 16.7. The van der Waals surface area contributed by atoms with Gasteiger partial charge in [0.2, 0.25) is 10.0 Å². The van der Waals surface area contributed by atoms with E-state index in [1.807, 2.05) is 36.4 Å². The predicted octanol–water partition coefficient (Wildman–Crippen LogP) is 4.80. The number of piperidine rings is 1. The van der Waals surface area contributed by atoms with Gasteiger partial charge in [0.25, 0.3) is 0 Å². The molecule has 0 saturated carbocycles. The number of rotatable bonds is 8. The molecule has 0 aliphatic carbocycles. The summed E-state index contributed by atoms with van der Waals surface area (Å²) in [6.07, 6.45) is 2.42. The molecule has 32 heavy (non-hydrogen) atoms. The lowest BCUT2D eigenvalue weighted by Gasteiger charge is -2.36. The van der Waals surface area contributed by atoms with Gasteiger partial charge in [-0.1, -0.05) is 60.7 Å². The Balaban J connectivity index is 1.44. The van der Waals surface area contributed by atoms with Crippen molar-refractivity contribution in [2.24, 2.45) is 5.92 Å². The minimum atomic E-state index is -3.47. The van der Waals surface area contributed by atoms with Gasteiger partial charge in [-0.25, -0.2) is 12.8 Å². The number of nitrogens with one attached hydrogen (secondary N) is 1. The number of hydrogen-bond acceptors (Lipinski definition) is 3. The molecule has 3 aromatic carbocycles. The summed E-state index contributed by atoms with van der Waals surface area (Å²) in [5.41, 5.74) is 2.31. The molecule has 1 N–H and O–H groups in total. The van der Waals surface area contributed by atoms with Crippen LogP contribution in [0.3, 0.4) is 0 Å². The number of sulfonamides is 1. The van der Waals surface area contributed by atoms with Crippen molar-refractivity contribution < 1.29 is 12.8 Å². The van der Waals surface area contributed by atoms with Crippen molar-refractivity contribution in [2.75, 3.05) is 19.6 Å². The Morgan fingerprint density at radius 2 is 1.47 bits per heavy atom. The highest BCUT2D eigenvalue weighted by Crippen LogP contribution is 2.33. The van der Waals surface area contributed by atoms with Crippen molar-refractivity contribution in [1.29, 1.82) is 0 Å². The summed E-state index contributed by atoms with van der Waals surface area (Å²) in [6.45, 7) is 1.77. The summed E-state index contributed by atoms with van der Waals surface area (Å²) in [5, 5.41) is 3.67. The van der Waals surface area contributed by atoms with Gasteiger partial charge >= 0.3 is 0 Å². The Bertz CT molecular complexity index is 1080. The van der Waals surface area contributed by atoms with E-state index in [1.54, 1.807) is 28.6 Å². The molecule has 0 radical (unpaired) electrons. The van der Waals surface area contributed by atoms with E-state index in [0.29, 0.717) is 18.0 Å². The minimum absolute atomic E-state index is 0.0564. The Hall–Kier alpha value is -2.54. The van der Waals surface area contributed by atoms with Gasteiger partial charge in [0.1, 0.15) is 5.82 Å². The Labute approximate surface area is 190 Å². The van der Waals surface area contributed by atoms with Gasteiger partial charge in [0.05, 0.1) is 4.90 Å². The van der Waals surface area contributed by atoms with Crippen LogP contribution in [0.2, 0.25) is 0 Å². The van der Waals surface area contributed by atoms with E-state index < -0.39 is 10.0 Å². The van der Waals surface area contributed by atoms with E-state index in [1.165, 1.54) is 17.7 Å². The predicted molar refractivity (Wildman–Crippen MR) is 125 cm³/mol. The summed E-state index contributed by atoms with van der Waals surface area (Å²) in [6, 6.07) is 25.6. The van der Waals surface area contributed by atoms with Gasteiger partial charge in [0, 0.05) is 19.1 Å². The molecule has 6 heteroatoms. The molecule has 1 heterocycles. The van der Waals surface area contributed by atoms with Crippen molar-refractivity contribution >= 4 is 10.0 Å². The maximum absolute atomic E-state index is 13.5. The molecule has 4 rings (SSSR count). The number of hydrogen-bond donors (Lipinski definition) is 1. The molecule has 0 amide bonds. The molecule has 168 valence electrons. The average Bonchev–Trinajstić information content (AvgIpc) is 2.84. The summed E-state index contributed by atoms with van der Waals surface area (Å²) in [5.74, 6) is 0.0269. The zero-order chi connectivity index (χ0) is 22.4. The van der Waals surface area contributed by atoms with Crippen LogP contribution in [0.5, 0.6) is 0 Å². The number of nitrogens with zero attached hydrogens (tertiary/aromatic N) is 1. The van der Waals surface area contributed by atoms with E-state index >= 15 is 0 Å². The maximum atomic E-state index is 13.5. The monoisotopic (exact) mass is 452 g/mol. The first-order valence-electron chi connectivity index (χ1n) is 11.1. The van der Waals surface area contributed by atoms with Crippen LogP contribution in [0.1, 0.15) is 30.0 Å². The first kappa shape index (κ1) is 22.6. The molecule has 1 aliphatic heterocycles. The molecule has 1 fully saturated rings. The van der Waals surface area contributed by atoms with E-state index in [4.69, 9.17) is 0 Å². The average molecular weight is 453 g/mol. The molecular weight excluding hydrogens is 423 g/mol. The first-order valence-corrected chi connectivity index (χ1v) is 12.6. The van der Waals surface area contributed by atoms with Crippen LogP contribution in [0.25, 0.3) is 0 Å². The maximum Gasteiger partial charge on any atom is 0.243 e. The Kier molecular flexibility index (Phi) is 7.35. The van der Waals surface area contributed by atoms with E-state index in [-0.39, 0.29) is 17.8 Å². The molecule has 4 nitrogen and oxygen atoms in total. The largest absolute Gasteiger partial charge is 0.309 e. The summed E-state index contributed by atoms with van der Waals surface area (Å²) >= 11 is 0. The van der Waals surface area contributed by atoms with Gasteiger partial charge in [-0.2, -0.15) is 4.31 Å². The van der Waals surface area contributed by atoms with Crippen molar-refractivity contribution in [2.45, 2.75) is 30.2 Å². The molecule has 1 saturated heterocycles. The van der Waals surface area contributed by atoms with Crippen LogP contribution in [0.15, 0.2) is 89.8 Å². The van der Waals surface area contributed by atoms with Crippen LogP contribution in [-0.4, -0.2) is 32.4 Å². The second-order valence-electron chi connectivity index (χ2n) is 8.27. The molecule has 0 bridgehead atoms. The molecule has 1 atom stereocenters. The first-order chi connectivity index (χ1) is 15.5. The number of halogens is 1. The van der Waals surface area contributed by atoms with Crippen LogP contribution < -0.4 is 5.32 Å². The Morgan fingerprint density at radius 1 is 0.875 bits per heavy atom. The Morgan fingerprint density at radius 3 is 2.09 bits per heavy atom. The second-order valence-corrected chi connectivity index (χ2v) is 10.2. The molecular formula is C26H29FN2O2S. The lowest BCUT2D eigenvalue weighted by Crippen LogP contribution is -2.42. The topological polar surface area (TPSA) is 49.4 Å². The van der Waals surface area contributed by atoms with E-state index in [9.17, 15) is 12.8 Å². The zero-order valence-electron chi connectivity index (χ0n) is 18.0. The third-order valence-electron chi connectivity index (χ3n) is 6.20. The lowest BCUT2D eigenvalue weighted by atomic mass is 9.86. The molecule has 1 unspecified atom stereocenters. The minimum Gasteiger partial charge on any atom is -0.309 e. The van der Waals surface area contributed by atoms with Crippen LogP contribution >= 0.6 is 0 Å². The second kappa shape index (κ2) is 10.4. The smallest absolute Gasteiger partial charge is 0.243 e. The molecule has 0 aromatic heterocycles. The fraction of sp³-hybridized carbons (Fsp3) is 0.308. The van der Waals surface area contributed by atoms with Crippen LogP contribution in [-0.2, 0) is 16.4 Å². The van der Waals surface area contributed by atoms with Gasteiger partial charge < -0.3 is 5.32 Å². The number of benzene rings is 3. The van der Waals surface area contributed by atoms with Crippen molar-refractivity contribution in [3.63, 3.8) is 0 Å². The highest BCUT2D eigenvalue weighted by Gasteiger charge is 2.33. The zero-order valence-corrected chi connectivity index (χ0v) is 18.8. The van der Waals surface area contributed by atoms with Gasteiger partial charge in [-0.05, 0) is 67.1 Å². The van der Waals surface area contributed by atoms with Gasteiger partial charge in [0.15, 0.2) is 0 Å². The summed E-state index contributed by atoms with van der Waals surface area (Å²) < 4.78 is 41.0. The van der Waals surface area contributed by atoms with Crippen LogP contribution in [0, 0.1) is 11.7 Å². The summed E-state index contributed by atoms with van der Waals surface area (Å²) in [4.78, 5) is 0.342. The highest BCUT2D eigenvalue weighted by molar-refractivity contribution is 7.89. The van der Waals surface area contributed by atoms with Crippen molar-refractivity contribution in [3.05, 3.63) is 102 Å². The fourth-order valence-corrected chi connectivity index (χ4v) is 5.93. The highest BCUT2D eigenvalue weighted by atomic mass is 32.2. The molecule has 1 aliphatic rings. The SMILES string of the molecule is O=S(=O)(c1ccccc1)N1CCC(C(NCCc2ccccc2)c2ccc(F)cc2)CC1. The van der Waals surface area contributed by atoms with Crippen molar-refractivity contribution in [1.82, 2.24) is 9.62 Å². The van der Waals surface area contributed by atoms with Crippen molar-refractivity contribution in [3.8, 4) is 0 Å². The van der Waals surface area contributed by atoms with E-state index in [0.717, 1.165) is 31.4 Å². The quantitative estimate of drug-likeness (QED) is 0.534. The summed E-state index contributed by atoms with van der Waals surface area (Å²) in [7, 11) is -3.47. The lowest BCUT2D eigenvalue weighted by molar-refractivity contribution is 0.224. The third-order valence-corrected chi connectivity index (χ3v) is 8.11. The van der Waals surface area contributed by atoms with Gasteiger partial charge in [-0.15, -0.1) is 0 Å². The third kappa shape index (κ3) is 5.44. The van der Waals surface area contributed by atoms with E-state index in [2.05, 4.69) is 17.4 Å². The standard InChI is InChI=1S/C26H29FN2O2S/c27-24-13-11-22(12-14-24)26(28-18-15-21-7-3-1-4-8-21)23-16-19-29(20-17-23)32(30,31)25-9-5-2-6-10-25/h1-14,23,26,28H,15-20H2.